The van der Waals surface area contributed by atoms with Crippen LogP contribution in [-0.4, -0.2) is 49.9 Å². The normalized spacial score (nSPS) is 13.0. The van der Waals surface area contributed by atoms with E-state index in [0.717, 1.165) is 19.5 Å². The Bertz CT molecular complexity index is 257. The number of carbonyl (C=O) groups is 1. The lowest BCUT2D eigenvalue weighted by molar-refractivity contribution is -0.129. The van der Waals surface area contributed by atoms with Crippen molar-refractivity contribution in [2.24, 2.45) is 10.8 Å². The summed E-state index contributed by atoms with van der Waals surface area (Å²) in [6.45, 7) is 12.6. The highest BCUT2D eigenvalue weighted by Gasteiger charge is 2.30. The summed E-state index contributed by atoms with van der Waals surface area (Å²) < 4.78 is 0. The van der Waals surface area contributed by atoms with Crippen molar-refractivity contribution in [3.8, 4) is 0 Å². The summed E-state index contributed by atoms with van der Waals surface area (Å²) in [5, 5.41) is 0. The molecule has 3 nitrogen and oxygen atoms in total. The van der Waals surface area contributed by atoms with Gasteiger partial charge in [0.2, 0.25) is 5.91 Å². The van der Waals surface area contributed by atoms with Gasteiger partial charge in [-0.1, -0.05) is 27.7 Å². The van der Waals surface area contributed by atoms with Gasteiger partial charge in [0.25, 0.3) is 0 Å². The highest BCUT2D eigenvalue weighted by Crippen LogP contribution is 2.34. The quantitative estimate of drug-likeness (QED) is 0.714. The minimum absolute atomic E-state index is 0.142. The second-order valence-electron chi connectivity index (χ2n) is 7.12. The first-order valence-electron chi connectivity index (χ1n) is 6.32. The zero-order valence-corrected chi connectivity index (χ0v) is 12.9. The monoisotopic (exact) mass is 242 g/mol. The van der Waals surface area contributed by atoms with E-state index in [4.69, 9.17) is 0 Å². The van der Waals surface area contributed by atoms with E-state index in [-0.39, 0.29) is 16.7 Å². The third-order valence-electron chi connectivity index (χ3n) is 2.90. The lowest BCUT2D eigenvalue weighted by Gasteiger charge is -2.38. The van der Waals surface area contributed by atoms with Crippen LogP contribution in [0.5, 0.6) is 0 Å². The Morgan fingerprint density at radius 3 is 1.71 bits per heavy atom. The van der Waals surface area contributed by atoms with Crippen LogP contribution in [0.4, 0.5) is 0 Å². The minimum atomic E-state index is 0.142. The average molecular weight is 242 g/mol. The number of hydrogen-bond acceptors (Lipinski definition) is 2. The molecule has 0 saturated heterocycles. The van der Waals surface area contributed by atoms with Crippen molar-refractivity contribution in [2.45, 2.75) is 41.0 Å². The van der Waals surface area contributed by atoms with E-state index in [1.807, 2.05) is 11.9 Å². The smallest absolute Gasteiger partial charge is 0.219 e. The molecule has 0 fully saturated rings. The summed E-state index contributed by atoms with van der Waals surface area (Å²) in [4.78, 5) is 15.3. The molecule has 17 heavy (non-hydrogen) atoms. The first kappa shape index (κ1) is 16.4. The zero-order chi connectivity index (χ0) is 13.9. The fourth-order valence-corrected chi connectivity index (χ4v) is 3.02. The van der Waals surface area contributed by atoms with Gasteiger partial charge in [0.05, 0.1) is 0 Å². The maximum absolute atomic E-state index is 11.3. The fourth-order valence-electron chi connectivity index (χ4n) is 3.02. The standard InChI is InChI=1S/C14H30N2O/c1-12(17)16(8)11-14(4,5)9-13(2,3)10-15(6)7/h9-11H2,1-8H3. The Hall–Kier alpha value is -0.570. The topological polar surface area (TPSA) is 23.6 Å². The molecule has 0 atom stereocenters. The molecule has 0 bridgehead atoms. The summed E-state index contributed by atoms with van der Waals surface area (Å²) >= 11 is 0. The molecular weight excluding hydrogens is 212 g/mol. The number of carbonyl (C=O) groups excluding carboxylic acids is 1. The molecular formula is C14H30N2O. The SMILES string of the molecule is CC(=O)N(C)CC(C)(C)CC(C)(C)CN(C)C. The maximum Gasteiger partial charge on any atom is 0.219 e. The summed E-state index contributed by atoms with van der Waals surface area (Å²) in [6.07, 6.45) is 1.11. The van der Waals surface area contributed by atoms with Crippen molar-refractivity contribution in [1.82, 2.24) is 9.80 Å². The van der Waals surface area contributed by atoms with Gasteiger partial charge in [-0.15, -0.1) is 0 Å². The summed E-state index contributed by atoms with van der Waals surface area (Å²) in [7, 11) is 6.09. The molecule has 0 aromatic rings. The Kier molecular flexibility index (Phi) is 5.66. The number of nitrogens with zero attached hydrogens (tertiary/aromatic N) is 2. The van der Waals surface area contributed by atoms with Crippen LogP contribution >= 0.6 is 0 Å². The number of hydrogen-bond donors (Lipinski definition) is 0. The lowest BCUT2D eigenvalue weighted by Crippen LogP contribution is -2.39. The number of amides is 1. The molecule has 102 valence electrons. The maximum atomic E-state index is 11.3. The largest absolute Gasteiger partial charge is 0.345 e. The molecule has 0 heterocycles. The van der Waals surface area contributed by atoms with Crippen molar-refractivity contribution in [1.29, 1.82) is 0 Å². The first-order valence-corrected chi connectivity index (χ1v) is 6.32. The van der Waals surface area contributed by atoms with Gasteiger partial charge in [-0.3, -0.25) is 4.79 Å². The van der Waals surface area contributed by atoms with E-state index in [2.05, 4.69) is 46.7 Å². The van der Waals surface area contributed by atoms with Crippen LogP contribution in [0, 0.1) is 10.8 Å². The second kappa shape index (κ2) is 5.85. The van der Waals surface area contributed by atoms with Gasteiger partial charge < -0.3 is 9.80 Å². The average Bonchev–Trinajstić information content (AvgIpc) is 1.96. The third kappa shape index (κ3) is 7.37. The molecule has 0 rings (SSSR count). The van der Waals surface area contributed by atoms with Crippen LogP contribution in [-0.2, 0) is 4.79 Å². The summed E-state index contributed by atoms with van der Waals surface area (Å²) in [5.74, 6) is 0.142. The molecule has 0 aliphatic rings. The van der Waals surface area contributed by atoms with Crippen molar-refractivity contribution in [3.05, 3.63) is 0 Å². The van der Waals surface area contributed by atoms with Crippen molar-refractivity contribution in [3.63, 3.8) is 0 Å². The molecule has 0 N–H and O–H groups in total. The van der Waals surface area contributed by atoms with Crippen LogP contribution in [0.25, 0.3) is 0 Å². The van der Waals surface area contributed by atoms with Gasteiger partial charge in [0, 0.05) is 27.1 Å². The molecule has 0 radical (unpaired) electrons. The molecule has 0 unspecified atom stereocenters. The Morgan fingerprint density at radius 1 is 0.941 bits per heavy atom. The summed E-state index contributed by atoms with van der Waals surface area (Å²) in [6, 6.07) is 0. The molecule has 0 aliphatic carbocycles. The Morgan fingerprint density at radius 2 is 1.35 bits per heavy atom. The third-order valence-corrected chi connectivity index (χ3v) is 2.90. The zero-order valence-electron chi connectivity index (χ0n) is 12.9. The van der Waals surface area contributed by atoms with Gasteiger partial charge in [0.15, 0.2) is 0 Å². The lowest BCUT2D eigenvalue weighted by atomic mass is 9.74. The van der Waals surface area contributed by atoms with Crippen LogP contribution in [0.1, 0.15) is 41.0 Å². The molecule has 1 amide bonds. The Labute approximate surface area is 107 Å². The van der Waals surface area contributed by atoms with Crippen LogP contribution in [0.3, 0.4) is 0 Å². The van der Waals surface area contributed by atoms with Crippen molar-refractivity contribution in [2.75, 3.05) is 34.2 Å². The van der Waals surface area contributed by atoms with Gasteiger partial charge in [-0.2, -0.15) is 0 Å². The predicted octanol–water partition coefficient (Wildman–Crippen LogP) is 2.47. The van der Waals surface area contributed by atoms with E-state index in [0.29, 0.717) is 0 Å². The molecule has 0 spiro atoms. The minimum Gasteiger partial charge on any atom is -0.345 e. The second-order valence-corrected chi connectivity index (χ2v) is 7.12. The highest BCUT2D eigenvalue weighted by atomic mass is 16.2. The van der Waals surface area contributed by atoms with Crippen molar-refractivity contribution < 1.29 is 4.79 Å². The van der Waals surface area contributed by atoms with Gasteiger partial charge >= 0.3 is 0 Å². The van der Waals surface area contributed by atoms with Gasteiger partial charge in [-0.25, -0.2) is 0 Å². The van der Waals surface area contributed by atoms with Crippen LogP contribution in [0.2, 0.25) is 0 Å². The van der Waals surface area contributed by atoms with Crippen LogP contribution < -0.4 is 0 Å². The number of rotatable bonds is 6. The van der Waals surface area contributed by atoms with Crippen LogP contribution in [0.15, 0.2) is 0 Å². The first-order chi connectivity index (χ1) is 7.45. The van der Waals surface area contributed by atoms with E-state index in [1.165, 1.54) is 0 Å². The molecule has 0 aromatic carbocycles. The summed E-state index contributed by atoms with van der Waals surface area (Å²) in [5.41, 5.74) is 0.421. The predicted molar refractivity (Wildman–Crippen MR) is 74.0 cm³/mol. The molecule has 3 heteroatoms. The van der Waals surface area contributed by atoms with Gasteiger partial charge in [-0.05, 0) is 31.3 Å². The van der Waals surface area contributed by atoms with Crippen molar-refractivity contribution >= 4 is 5.91 Å². The van der Waals surface area contributed by atoms with E-state index in [9.17, 15) is 4.79 Å². The van der Waals surface area contributed by atoms with E-state index in [1.54, 1.807) is 6.92 Å². The fraction of sp³-hybridized carbons (Fsp3) is 0.929. The molecule has 0 aromatic heterocycles. The Balaban J connectivity index is 4.47. The highest BCUT2D eigenvalue weighted by molar-refractivity contribution is 5.72. The molecule has 0 aliphatic heterocycles. The van der Waals surface area contributed by atoms with E-state index >= 15 is 0 Å². The van der Waals surface area contributed by atoms with E-state index < -0.39 is 0 Å². The van der Waals surface area contributed by atoms with Gasteiger partial charge in [0.1, 0.15) is 0 Å². The molecule has 0 saturated carbocycles.